The van der Waals surface area contributed by atoms with Crippen LogP contribution in [0.1, 0.15) is 55.8 Å². The van der Waals surface area contributed by atoms with Gasteiger partial charge in [0.2, 0.25) is 5.91 Å². The number of fused-ring (bicyclic) bond motifs is 3. The van der Waals surface area contributed by atoms with Gasteiger partial charge in [-0.25, -0.2) is 13.8 Å². The minimum atomic E-state index is -0.885. The van der Waals surface area contributed by atoms with Crippen LogP contribution in [0.15, 0.2) is 36.5 Å². The van der Waals surface area contributed by atoms with Gasteiger partial charge in [0.25, 0.3) is 0 Å². The first kappa shape index (κ1) is 23.5. The van der Waals surface area contributed by atoms with Crippen molar-refractivity contribution in [2.75, 3.05) is 6.54 Å². The standard InChI is InChI=1S/C27H29F2N3O3/c1-27(26(34)35)9-6-17(7-10-27)14-24(33)31-12-8-19-20-3-2-11-30-25(20)32(23(19)16-31)15-18-4-5-21(28)22(29)13-18/h2-5,11,13,17H,6-10,12,14-16H2,1H3,(H,34,35)/t17-,27+. The molecule has 0 spiro atoms. The minimum absolute atomic E-state index is 0.0807. The Bertz CT molecular complexity index is 1290. The predicted octanol–water partition coefficient (Wildman–Crippen LogP) is 4.92. The van der Waals surface area contributed by atoms with Gasteiger partial charge in [-0.1, -0.05) is 6.07 Å². The first-order valence-electron chi connectivity index (χ1n) is 12.2. The number of pyridine rings is 1. The maximum atomic E-state index is 13.9. The van der Waals surface area contributed by atoms with Gasteiger partial charge in [0, 0.05) is 36.8 Å². The van der Waals surface area contributed by atoms with Crippen molar-refractivity contribution in [1.82, 2.24) is 14.5 Å². The third kappa shape index (κ3) is 4.42. The van der Waals surface area contributed by atoms with E-state index in [1.165, 1.54) is 6.07 Å². The second kappa shape index (κ2) is 9.06. The fourth-order valence-electron chi connectivity index (χ4n) is 5.57. The normalized spacial score (nSPS) is 22.3. The van der Waals surface area contributed by atoms with Crippen molar-refractivity contribution in [2.45, 2.75) is 58.5 Å². The number of aromatic nitrogens is 2. The van der Waals surface area contributed by atoms with Crippen LogP contribution in [0.25, 0.3) is 11.0 Å². The Morgan fingerprint density at radius 3 is 2.66 bits per heavy atom. The lowest BCUT2D eigenvalue weighted by Gasteiger charge is -2.35. The molecule has 1 amide bonds. The summed E-state index contributed by atoms with van der Waals surface area (Å²) in [5.74, 6) is -2.24. The van der Waals surface area contributed by atoms with Crippen LogP contribution in [0.2, 0.25) is 0 Å². The average molecular weight is 482 g/mol. The number of rotatable bonds is 5. The number of aliphatic carboxylic acids is 1. The van der Waals surface area contributed by atoms with Crippen molar-refractivity contribution < 1.29 is 23.5 Å². The van der Waals surface area contributed by atoms with Gasteiger partial charge in [-0.2, -0.15) is 0 Å². The second-order valence-electron chi connectivity index (χ2n) is 10.2. The number of amides is 1. The highest BCUT2D eigenvalue weighted by molar-refractivity contribution is 5.84. The molecular weight excluding hydrogens is 452 g/mol. The zero-order chi connectivity index (χ0) is 24.7. The quantitative estimate of drug-likeness (QED) is 0.561. The topological polar surface area (TPSA) is 75.4 Å². The van der Waals surface area contributed by atoms with Crippen LogP contribution >= 0.6 is 0 Å². The van der Waals surface area contributed by atoms with E-state index in [9.17, 15) is 23.5 Å². The van der Waals surface area contributed by atoms with E-state index in [1.807, 2.05) is 21.6 Å². The smallest absolute Gasteiger partial charge is 0.309 e. The Morgan fingerprint density at radius 2 is 1.94 bits per heavy atom. The molecule has 1 aliphatic heterocycles. The lowest BCUT2D eigenvalue weighted by atomic mass is 9.71. The largest absolute Gasteiger partial charge is 0.481 e. The molecule has 0 unspecified atom stereocenters. The Kier molecular flexibility index (Phi) is 6.07. The van der Waals surface area contributed by atoms with E-state index >= 15 is 0 Å². The molecule has 0 saturated heterocycles. The van der Waals surface area contributed by atoms with E-state index in [0.717, 1.165) is 41.2 Å². The van der Waals surface area contributed by atoms with E-state index in [4.69, 9.17) is 0 Å². The molecule has 184 valence electrons. The third-order valence-electron chi connectivity index (χ3n) is 7.88. The Labute approximate surface area is 202 Å². The fourth-order valence-corrected chi connectivity index (χ4v) is 5.57. The fraction of sp³-hybridized carbons (Fsp3) is 0.444. The number of carboxylic acid groups (broad SMARTS) is 1. The van der Waals surface area contributed by atoms with Crippen LogP contribution in [0.4, 0.5) is 8.78 Å². The first-order valence-corrected chi connectivity index (χ1v) is 12.2. The van der Waals surface area contributed by atoms with Crippen LogP contribution in [-0.2, 0) is 29.1 Å². The van der Waals surface area contributed by atoms with Gasteiger partial charge >= 0.3 is 5.97 Å². The number of nitrogens with zero attached hydrogens (tertiary/aromatic N) is 3. The Morgan fingerprint density at radius 1 is 1.17 bits per heavy atom. The summed E-state index contributed by atoms with van der Waals surface area (Å²) < 4.78 is 29.3. The maximum absolute atomic E-state index is 13.9. The van der Waals surface area contributed by atoms with Crippen molar-refractivity contribution >= 4 is 22.9 Å². The molecule has 0 radical (unpaired) electrons. The summed E-state index contributed by atoms with van der Waals surface area (Å²) in [5.41, 5.74) is 2.84. The molecule has 6 nitrogen and oxygen atoms in total. The van der Waals surface area contributed by atoms with Crippen LogP contribution in [0.3, 0.4) is 0 Å². The van der Waals surface area contributed by atoms with E-state index in [1.54, 1.807) is 19.2 Å². The van der Waals surface area contributed by atoms with Crippen molar-refractivity contribution in [3.05, 3.63) is 65.0 Å². The summed E-state index contributed by atoms with van der Waals surface area (Å²) in [6.45, 7) is 3.18. The molecule has 35 heavy (non-hydrogen) atoms. The number of carbonyl (C=O) groups is 2. The van der Waals surface area contributed by atoms with E-state index < -0.39 is 23.0 Å². The van der Waals surface area contributed by atoms with Crippen LogP contribution in [0.5, 0.6) is 0 Å². The molecule has 2 aromatic heterocycles. The van der Waals surface area contributed by atoms with Gasteiger partial charge in [-0.05, 0) is 80.3 Å². The van der Waals surface area contributed by atoms with Gasteiger partial charge in [0.15, 0.2) is 11.6 Å². The van der Waals surface area contributed by atoms with Gasteiger partial charge in [0.05, 0.1) is 12.0 Å². The summed E-state index contributed by atoms with van der Waals surface area (Å²) in [5, 5.41) is 10.5. The molecule has 0 atom stereocenters. The second-order valence-corrected chi connectivity index (χ2v) is 10.2. The molecule has 1 aromatic carbocycles. The molecular formula is C27H29F2N3O3. The lowest BCUT2D eigenvalue weighted by molar-refractivity contribution is -0.150. The number of carbonyl (C=O) groups excluding carboxylic acids is 1. The van der Waals surface area contributed by atoms with Crippen LogP contribution in [-0.4, -0.2) is 38.0 Å². The summed E-state index contributed by atoms with van der Waals surface area (Å²) in [4.78, 5) is 31.2. The maximum Gasteiger partial charge on any atom is 0.309 e. The molecule has 3 heterocycles. The third-order valence-corrected chi connectivity index (χ3v) is 7.88. The molecule has 1 N–H and O–H groups in total. The summed E-state index contributed by atoms with van der Waals surface area (Å²) >= 11 is 0. The van der Waals surface area contributed by atoms with Gasteiger partial charge in [0.1, 0.15) is 5.65 Å². The van der Waals surface area contributed by atoms with Crippen molar-refractivity contribution in [2.24, 2.45) is 11.3 Å². The Hall–Kier alpha value is -3.29. The SMILES string of the molecule is C[C@]1(C(=O)O)CC[C@@H](CC(=O)N2CCc3c(n(Cc4ccc(F)c(F)c4)c4ncccc34)C2)CC1. The monoisotopic (exact) mass is 481 g/mol. The number of benzene rings is 1. The highest BCUT2D eigenvalue weighted by atomic mass is 19.2. The van der Waals surface area contributed by atoms with Crippen LogP contribution in [0, 0.1) is 23.0 Å². The molecule has 1 fully saturated rings. The molecule has 1 aliphatic carbocycles. The highest BCUT2D eigenvalue weighted by Gasteiger charge is 2.38. The van der Waals surface area contributed by atoms with Gasteiger partial charge < -0.3 is 14.6 Å². The molecule has 0 bridgehead atoms. The number of halogens is 2. The Balaban J connectivity index is 1.36. The molecule has 1 saturated carbocycles. The van der Waals surface area contributed by atoms with E-state index in [-0.39, 0.29) is 11.8 Å². The van der Waals surface area contributed by atoms with Crippen molar-refractivity contribution in [3.63, 3.8) is 0 Å². The number of hydrogen-bond donors (Lipinski definition) is 1. The summed E-state index contributed by atoms with van der Waals surface area (Å²) in [6.07, 6.45) is 5.52. The summed E-state index contributed by atoms with van der Waals surface area (Å²) in [6, 6.07) is 7.80. The lowest BCUT2D eigenvalue weighted by Crippen LogP contribution is -2.39. The molecule has 2 aliphatic rings. The first-order chi connectivity index (χ1) is 16.7. The number of hydrogen-bond acceptors (Lipinski definition) is 3. The molecule has 3 aromatic rings. The van der Waals surface area contributed by atoms with Crippen molar-refractivity contribution in [1.29, 1.82) is 0 Å². The minimum Gasteiger partial charge on any atom is -0.481 e. The van der Waals surface area contributed by atoms with E-state index in [0.29, 0.717) is 50.9 Å². The molecule has 8 heteroatoms. The zero-order valence-corrected chi connectivity index (χ0v) is 19.8. The van der Waals surface area contributed by atoms with Gasteiger partial charge in [-0.15, -0.1) is 0 Å². The zero-order valence-electron chi connectivity index (χ0n) is 19.8. The average Bonchev–Trinajstić information content (AvgIpc) is 3.16. The molecule has 5 rings (SSSR count). The van der Waals surface area contributed by atoms with Crippen LogP contribution < -0.4 is 0 Å². The van der Waals surface area contributed by atoms with E-state index in [2.05, 4.69) is 4.98 Å². The summed E-state index contributed by atoms with van der Waals surface area (Å²) in [7, 11) is 0. The van der Waals surface area contributed by atoms with Crippen molar-refractivity contribution in [3.8, 4) is 0 Å². The predicted molar refractivity (Wildman–Crippen MR) is 127 cm³/mol. The highest BCUT2D eigenvalue weighted by Crippen LogP contribution is 2.40. The number of carboxylic acids is 1. The van der Waals surface area contributed by atoms with Gasteiger partial charge in [-0.3, -0.25) is 9.59 Å².